The predicted molar refractivity (Wildman–Crippen MR) is 98.2 cm³/mol. The molecule has 4 rings (SSSR count). The molecule has 0 saturated carbocycles. The Balaban J connectivity index is 1.69. The van der Waals surface area contributed by atoms with E-state index in [0.29, 0.717) is 5.82 Å². The zero-order valence-electron chi connectivity index (χ0n) is 14.6. The van der Waals surface area contributed by atoms with Crippen molar-refractivity contribution in [2.45, 2.75) is 6.61 Å². The molecule has 2 aromatic carbocycles. The van der Waals surface area contributed by atoms with Gasteiger partial charge in [0, 0.05) is 18.2 Å². The van der Waals surface area contributed by atoms with E-state index in [0.717, 1.165) is 22.4 Å². The topological polar surface area (TPSA) is 65.7 Å². The molecule has 0 fully saturated rings. The number of rotatable bonds is 5. The highest BCUT2D eigenvalue weighted by molar-refractivity contribution is 5.80. The monoisotopic (exact) mass is 361 g/mol. The number of ether oxygens (including phenoxy) is 1. The second kappa shape index (κ2) is 7.33. The van der Waals surface area contributed by atoms with Crippen LogP contribution in [0.2, 0.25) is 0 Å². The van der Waals surface area contributed by atoms with E-state index in [1.54, 1.807) is 30.1 Å². The summed E-state index contributed by atoms with van der Waals surface area (Å²) in [7, 11) is 1.76. The summed E-state index contributed by atoms with van der Waals surface area (Å²) < 4.78 is 21.5. The molecule has 134 valence electrons. The average molecular weight is 361 g/mol. The lowest BCUT2D eigenvalue weighted by Gasteiger charge is -2.11. The van der Waals surface area contributed by atoms with Gasteiger partial charge in [-0.2, -0.15) is 10.2 Å². The minimum absolute atomic E-state index is 0.122. The number of hydrogen-bond donors (Lipinski definition) is 0. The Labute approximate surface area is 155 Å². The fourth-order valence-electron chi connectivity index (χ4n) is 2.75. The van der Waals surface area contributed by atoms with E-state index < -0.39 is 5.82 Å². The molecule has 0 unspecified atom stereocenters. The smallest absolute Gasteiger partial charge is 0.165 e. The van der Waals surface area contributed by atoms with Gasteiger partial charge in [-0.15, -0.1) is 5.10 Å². The minimum Gasteiger partial charge on any atom is -0.483 e. The third kappa shape index (κ3) is 3.52. The van der Waals surface area contributed by atoms with Gasteiger partial charge in [0.25, 0.3) is 0 Å². The summed E-state index contributed by atoms with van der Waals surface area (Å²) in [6.45, 7) is 0.122. The van der Waals surface area contributed by atoms with Crippen molar-refractivity contribution < 1.29 is 9.13 Å². The first-order chi connectivity index (χ1) is 13.2. The Bertz CT molecular complexity index is 1060. The number of aromatic nitrogens is 5. The van der Waals surface area contributed by atoms with Crippen molar-refractivity contribution in [1.29, 1.82) is 0 Å². The maximum absolute atomic E-state index is 14.2. The van der Waals surface area contributed by atoms with Crippen LogP contribution in [0.5, 0.6) is 5.75 Å². The van der Waals surface area contributed by atoms with E-state index >= 15 is 0 Å². The fourth-order valence-corrected chi connectivity index (χ4v) is 2.75. The van der Waals surface area contributed by atoms with Crippen molar-refractivity contribution in [3.63, 3.8) is 0 Å². The van der Waals surface area contributed by atoms with E-state index in [1.807, 2.05) is 36.4 Å². The molecule has 7 heteroatoms. The van der Waals surface area contributed by atoms with Gasteiger partial charge in [0.05, 0.1) is 6.20 Å². The lowest BCUT2D eigenvalue weighted by molar-refractivity contribution is 0.276. The molecular formula is C20H16FN5O. The molecule has 0 aliphatic carbocycles. The quantitative estimate of drug-likeness (QED) is 0.543. The lowest BCUT2D eigenvalue weighted by atomic mass is 10.00. The molecule has 27 heavy (non-hydrogen) atoms. The second-order valence-electron chi connectivity index (χ2n) is 5.89. The average Bonchev–Trinajstić information content (AvgIpc) is 3.13. The van der Waals surface area contributed by atoms with Crippen LogP contribution in [0.3, 0.4) is 0 Å². The van der Waals surface area contributed by atoms with Crippen LogP contribution in [0.25, 0.3) is 22.4 Å². The summed E-state index contributed by atoms with van der Waals surface area (Å²) in [5, 5.41) is 12.2. The zero-order chi connectivity index (χ0) is 18.6. The first kappa shape index (κ1) is 16.8. The first-order valence-corrected chi connectivity index (χ1v) is 8.35. The summed E-state index contributed by atoms with van der Waals surface area (Å²) in [6.07, 6.45) is 3.05. The first-order valence-electron chi connectivity index (χ1n) is 8.35. The van der Waals surface area contributed by atoms with Gasteiger partial charge in [0.1, 0.15) is 18.6 Å². The molecule has 0 aliphatic heterocycles. The van der Waals surface area contributed by atoms with Crippen LogP contribution in [0.1, 0.15) is 5.82 Å². The van der Waals surface area contributed by atoms with Gasteiger partial charge in [-0.05, 0) is 23.8 Å². The Morgan fingerprint density at radius 3 is 2.67 bits per heavy atom. The highest BCUT2D eigenvalue weighted by atomic mass is 19.1. The van der Waals surface area contributed by atoms with Crippen molar-refractivity contribution in [2.75, 3.05) is 0 Å². The molecule has 0 amide bonds. The summed E-state index contributed by atoms with van der Waals surface area (Å²) >= 11 is 0. The number of benzene rings is 2. The molecule has 2 heterocycles. The van der Waals surface area contributed by atoms with E-state index in [4.69, 9.17) is 4.74 Å². The van der Waals surface area contributed by atoms with E-state index in [1.165, 1.54) is 12.4 Å². The Hall–Kier alpha value is -3.61. The molecule has 0 N–H and O–H groups in total. The van der Waals surface area contributed by atoms with E-state index in [-0.39, 0.29) is 12.4 Å². The Morgan fingerprint density at radius 2 is 1.89 bits per heavy atom. The van der Waals surface area contributed by atoms with Crippen molar-refractivity contribution >= 4 is 0 Å². The summed E-state index contributed by atoms with van der Waals surface area (Å²) in [6, 6.07) is 16.3. The molecule has 4 aromatic rings. The number of nitrogens with zero attached hydrogens (tertiary/aromatic N) is 5. The number of aryl methyl sites for hydroxylation is 1. The SMILES string of the molecule is Cn1ncnc1COc1cc(-c2ccnnc2-c2ccccc2)ccc1F. The van der Waals surface area contributed by atoms with Crippen LogP contribution >= 0.6 is 0 Å². The van der Waals surface area contributed by atoms with Crippen molar-refractivity contribution in [2.24, 2.45) is 7.05 Å². The molecule has 6 nitrogen and oxygen atoms in total. The third-order valence-electron chi connectivity index (χ3n) is 4.17. The summed E-state index contributed by atoms with van der Waals surface area (Å²) in [4.78, 5) is 4.08. The Morgan fingerprint density at radius 1 is 1.04 bits per heavy atom. The van der Waals surface area contributed by atoms with Gasteiger partial charge in [-0.1, -0.05) is 36.4 Å². The van der Waals surface area contributed by atoms with Gasteiger partial charge >= 0.3 is 0 Å². The molecule has 0 spiro atoms. The maximum Gasteiger partial charge on any atom is 0.165 e. The van der Waals surface area contributed by atoms with Gasteiger partial charge in [0.2, 0.25) is 0 Å². The summed E-state index contributed by atoms with van der Waals surface area (Å²) in [5.41, 5.74) is 3.30. The highest BCUT2D eigenvalue weighted by Crippen LogP contribution is 2.32. The molecule has 0 radical (unpaired) electrons. The highest BCUT2D eigenvalue weighted by Gasteiger charge is 2.13. The van der Waals surface area contributed by atoms with Gasteiger partial charge < -0.3 is 4.74 Å². The van der Waals surface area contributed by atoms with Crippen molar-refractivity contribution in [3.05, 3.63) is 78.8 Å². The largest absolute Gasteiger partial charge is 0.483 e. The molecule has 0 aliphatic rings. The number of halogens is 1. The second-order valence-corrected chi connectivity index (χ2v) is 5.89. The van der Waals surface area contributed by atoms with Crippen LogP contribution in [0.4, 0.5) is 4.39 Å². The zero-order valence-corrected chi connectivity index (χ0v) is 14.6. The molecule has 0 saturated heterocycles. The number of hydrogen-bond acceptors (Lipinski definition) is 5. The third-order valence-corrected chi connectivity index (χ3v) is 4.17. The van der Waals surface area contributed by atoms with Crippen LogP contribution < -0.4 is 4.74 Å². The van der Waals surface area contributed by atoms with Crippen LogP contribution in [0.15, 0.2) is 67.1 Å². The van der Waals surface area contributed by atoms with Gasteiger partial charge in [0.15, 0.2) is 17.4 Å². The van der Waals surface area contributed by atoms with Gasteiger partial charge in [-0.3, -0.25) is 4.68 Å². The standard InChI is InChI=1S/C20H16FN5O/c1-26-19(22-13-24-26)12-27-18-11-15(7-8-17(18)21)16-9-10-23-25-20(16)14-5-3-2-4-6-14/h2-11,13H,12H2,1H3. The normalized spacial score (nSPS) is 10.7. The van der Waals surface area contributed by atoms with Crippen LogP contribution in [-0.2, 0) is 13.7 Å². The Kier molecular flexibility index (Phi) is 4.57. The van der Waals surface area contributed by atoms with Crippen molar-refractivity contribution in [1.82, 2.24) is 25.0 Å². The van der Waals surface area contributed by atoms with Gasteiger partial charge in [-0.25, -0.2) is 9.37 Å². The fraction of sp³-hybridized carbons (Fsp3) is 0.100. The molecule has 2 aromatic heterocycles. The molecule has 0 atom stereocenters. The van der Waals surface area contributed by atoms with Crippen molar-refractivity contribution in [3.8, 4) is 28.1 Å². The molecule has 0 bridgehead atoms. The predicted octanol–water partition coefficient (Wildman–Crippen LogP) is 3.66. The van der Waals surface area contributed by atoms with Crippen LogP contribution in [-0.4, -0.2) is 25.0 Å². The maximum atomic E-state index is 14.2. The van der Waals surface area contributed by atoms with E-state index in [2.05, 4.69) is 20.3 Å². The minimum atomic E-state index is -0.441. The summed E-state index contributed by atoms with van der Waals surface area (Å²) in [5.74, 6) is 0.311. The lowest BCUT2D eigenvalue weighted by Crippen LogP contribution is -2.05. The van der Waals surface area contributed by atoms with E-state index in [9.17, 15) is 4.39 Å². The molecular weight excluding hydrogens is 345 g/mol. The van der Waals surface area contributed by atoms with Crippen LogP contribution in [0, 0.1) is 5.82 Å².